The van der Waals surface area contributed by atoms with Gasteiger partial charge in [0, 0.05) is 49.4 Å². The maximum atomic E-state index is 13.2. The zero-order chi connectivity index (χ0) is 18.3. The van der Waals surface area contributed by atoms with Crippen LogP contribution in [-0.2, 0) is 26.6 Å². The molecule has 3 aromatic rings. The quantitative estimate of drug-likeness (QED) is 0.708. The number of halogens is 2. The van der Waals surface area contributed by atoms with E-state index in [0.29, 0.717) is 5.02 Å². The molecule has 0 spiro atoms. The lowest BCUT2D eigenvalue weighted by Gasteiger charge is -2.27. The van der Waals surface area contributed by atoms with Crippen molar-refractivity contribution in [1.82, 2.24) is 14.5 Å². The van der Waals surface area contributed by atoms with Gasteiger partial charge in [-0.3, -0.25) is 4.90 Å². The van der Waals surface area contributed by atoms with Crippen LogP contribution in [0.2, 0.25) is 5.02 Å². The SMILES string of the molecule is Cn1c(-c2ccc(F)cc2)nc2c1CN(Cc1cc(Cl)ccc1N)CC2. The van der Waals surface area contributed by atoms with Crippen LogP contribution in [0.3, 0.4) is 0 Å². The molecule has 1 aromatic heterocycles. The van der Waals surface area contributed by atoms with E-state index < -0.39 is 0 Å². The second-order valence-corrected chi connectivity index (χ2v) is 7.13. The summed E-state index contributed by atoms with van der Waals surface area (Å²) in [6, 6.07) is 12.1. The summed E-state index contributed by atoms with van der Waals surface area (Å²) in [7, 11) is 2.02. The Balaban J connectivity index is 1.59. The maximum Gasteiger partial charge on any atom is 0.140 e. The molecular formula is C20H20ClFN4. The van der Waals surface area contributed by atoms with E-state index in [4.69, 9.17) is 22.3 Å². The first-order valence-corrected chi connectivity index (χ1v) is 8.95. The molecule has 2 N–H and O–H groups in total. The number of benzene rings is 2. The van der Waals surface area contributed by atoms with Crippen molar-refractivity contribution in [1.29, 1.82) is 0 Å². The molecule has 0 bridgehead atoms. The van der Waals surface area contributed by atoms with E-state index in [1.165, 1.54) is 17.8 Å². The molecule has 0 fully saturated rings. The van der Waals surface area contributed by atoms with E-state index in [1.807, 2.05) is 25.2 Å². The number of anilines is 1. The van der Waals surface area contributed by atoms with E-state index in [0.717, 1.165) is 54.4 Å². The molecule has 2 heterocycles. The standard InChI is InChI=1S/C20H20ClFN4/c1-25-19-12-26(11-14-10-15(21)4-7-17(14)23)9-8-18(19)24-20(25)13-2-5-16(22)6-3-13/h2-7,10H,8-9,11-12,23H2,1H3. The third kappa shape index (κ3) is 3.20. The fourth-order valence-electron chi connectivity index (χ4n) is 3.49. The monoisotopic (exact) mass is 370 g/mol. The lowest BCUT2D eigenvalue weighted by atomic mass is 10.1. The molecule has 2 aromatic carbocycles. The Morgan fingerprint density at radius 1 is 1.19 bits per heavy atom. The number of imidazole rings is 1. The van der Waals surface area contributed by atoms with Gasteiger partial charge in [0.1, 0.15) is 11.6 Å². The van der Waals surface area contributed by atoms with Crippen LogP contribution in [0.25, 0.3) is 11.4 Å². The van der Waals surface area contributed by atoms with Gasteiger partial charge in [0.05, 0.1) is 11.4 Å². The van der Waals surface area contributed by atoms with Crippen LogP contribution < -0.4 is 5.73 Å². The summed E-state index contributed by atoms with van der Waals surface area (Å²) in [5, 5.41) is 0.700. The highest BCUT2D eigenvalue weighted by molar-refractivity contribution is 6.30. The molecule has 1 aliphatic heterocycles. The molecular weight excluding hydrogens is 351 g/mol. The minimum Gasteiger partial charge on any atom is -0.398 e. The lowest BCUT2D eigenvalue weighted by molar-refractivity contribution is 0.238. The van der Waals surface area contributed by atoms with Crippen LogP contribution in [0.15, 0.2) is 42.5 Å². The Bertz CT molecular complexity index is 949. The van der Waals surface area contributed by atoms with Gasteiger partial charge >= 0.3 is 0 Å². The fourth-order valence-corrected chi connectivity index (χ4v) is 3.68. The first kappa shape index (κ1) is 17.1. The van der Waals surface area contributed by atoms with Crippen molar-refractivity contribution >= 4 is 17.3 Å². The third-order valence-corrected chi connectivity index (χ3v) is 5.17. The van der Waals surface area contributed by atoms with Crippen LogP contribution in [0.5, 0.6) is 0 Å². The normalized spacial score (nSPS) is 14.4. The van der Waals surface area contributed by atoms with Crippen molar-refractivity contribution < 1.29 is 4.39 Å². The molecule has 1 aliphatic rings. The molecule has 0 atom stereocenters. The van der Waals surface area contributed by atoms with Crippen LogP contribution in [-0.4, -0.2) is 21.0 Å². The number of fused-ring (bicyclic) bond motifs is 1. The van der Waals surface area contributed by atoms with E-state index >= 15 is 0 Å². The molecule has 134 valence electrons. The molecule has 4 nitrogen and oxygen atoms in total. The topological polar surface area (TPSA) is 47.1 Å². The van der Waals surface area contributed by atoms with Gasteiger partial charge < -0.3 is 10.3 Å². The summed E-state index contributed by atoms with van der Waals surface area (Å²) in [6.07, 6.45) is 0.880. The zero-order valence-electron chi connectivity index (χ0n) is 14.5. The Labute approximate surface area is 157 Å². The Morgan fingerprint density at radius 3 is 2.73 bits per heavy atom. The van der Waals surface area contributed by atoms with Crippen molar-refractivity contribution in [2.75, 3.05) is 12.3 Å². The summed E-state index contributed by atoms with van der Waals surface area (Å²) in [6.45, 7) is 2.47. The number of nitrogens with zero attached hydrogens (tertiary/aromatic N) is 3. The number of nitrogens with two attached hydrogens (primary N) is 1. The number of hydrogen-bond donors (Lipinski definition) is 1. The van der Waals surface area contributed by atoms with E-state index in [2.05, 4.69) is 9.47 Å². The molecule has 6 heteroatoms. The van der Waals surface area contributed by atoms with Crippen molar-refractivity contribution in [3.05, 3.63) is 70.3 Å². The fraction of sp³-hybridized carbons (Fsp3) is 0.250. The van der Waals surface area contributed by atoms with Crippen molar-refractivity contribution in [3.63, 3.8) is 0 Å². The minimum absolute atomic E-state index is 0.238. The van der Waals surface area contributed by atoms with Crippen LogP contribution in [0.1, 0.15) is 17.0 Å². The highest BCUT2D eigenvalue weighted by Gasteiger charge is 2.23. The minimum atomic E-state index is -0.238. The molecule has 0 aliphatic carbocycles. The van der Waals surface area contributed by atoms with Crippen LogP contribution in [0, 0.1) is 5.82 Å². The average molecular weight is 371 g/mol. The number of rotatable bonds is 3. The number of aromatic nitrogens is 2. The van der Waals surface area contributed by atoms with Crippen LogP contribution in [0.4, 0.5) is 10.1 Å². The van der Waals surface area contributed by atoms with E-state index in [-0.39, 0.29) is 5.82 Å². The molecule has 0 saturated carbocycles. The van der Waals surface area contributed by atoms with Gasteiger partial charge in [0.15, 0.2) is 0 Å². The average Bonchev–Trinajstić information content (AvgIpc) is 2.95. The molecule has 0 unspecified atom stereocenters. The second-order valence-electron chi connectivity index (χ2n) is 6.70. The van der Waals surface area contributed by atoms with Gasteiger partial charge in [0.25, 0.3) is 0 Å². The summed E-state index contributed by atoms with van der Waals surface area (Å²) in [4.78, 5) is 7.14. The molecule has 0 radical (unpaired) electrons. The predicted octanol–water partition coefficient (Wildman–Crippen LogP) is 4.02. The van der Waals surface area contributed by atoms with E-state index in [9.17, 15) is 4.39 Å². The third-order valence-electron chi connectivity index (χ3n) is 4.94. The Hall–Kier alpha value is -2.37. The first-order chi connectivity index (χ1) is 12.5. The highest BCUT2D eigenvalue weighted by Crippen LogP contribution is 2.28. The predicted molar refractivity (Wildman–Crippen MR) is 102 cm³/mol. The maximum absolute atomic E-state index is 13.2. The largest absolute Gasteiger partial charge is 0.398 e. The summed E-state index contributed by atoms with van der Waals surface area (Å²) >= 11 is 6.11. The molecule has 0 saturated heterocycles. The first-order valence-electron chi connectivity index (χ1n) is 8.58. The molecule has 26 heavy (non-hydrogen) atoms. The van der Waals surface area contributed by atoms with Gasteiger partial charge in [-0.1, -0.05) is 11.6 Å². The van der Waals surface area contributed by atoms with Gasteiger partial charge in [-0.15, -0.1) is 0 Å². The smallest absolute Gasteiger partial charge is 0.140 e. The van der Waals surface area contributed by atoms with Gasteiger partial charge in [-0.2, -0.15) is 0 Å². The second kappa shape index (κ2) is 6.74. The Morgan fingerprint density at radius 2 is 1.96 bits per heavy atom. The number of nitrogen functional groups attached to an aromatic ring is 1. The summed E-state index contributed by atoms with van der Waals surface area (Å²) in [5.74, 6) is 0.636. The molecule has 0 amide bonds. The van der Waals surface area contributed by atoms with Crippen molar-refractivity contribution in [3.8, 4) is 11.4 Å². The Kier molecular flexibility index (Phi) is 4.42. The highest BCUT2D eigenvalue weighted by atomic mass is 35.5. The number of hydrogen-bond acceptors (Lipinski definition) is 3. The van der Waals surface area contributed by atoms with Crippen molar-refractivity contribution in [2.45, 2.75) is 19.5 Å². The van der Waals surface area contributed by atoms with Gasteiger partial charge in [-0.05, 0) is 48.0 Å². The van der Waals surface area contributed by atoms with Gasteiger partial charge in [-0.25, -0.2) is 9.37 Å². The summed E-state index contributed by atoms with van der Waals surface area (Å²) < 4.78 is 15.3. The van der Waals surface area contributed by atoms with Gasteiger partial charge in [0.2, 0.25) is 0 Å². The van der Waals surface area contributed by atoms with E-state index in [1.54, 1.807) is 12.1 Å². The summed E-state index contributed by atoms with van der Waals surface area (Å²) in [5.41, 5.74) is 11.1. The zero-order valence-corrected chi connectivity index (χ0v) is 15.3. The van der Waals surface area contributed by atoms with Crippen molar-refractivity contribution in [2.24, 2.45) is 7.05 Å². The molecule has 4 rings (SSSR count). The van der Waals surface area contributed by atoms with Crippen LogP contribution >= 0.6 is 11.6 Å². The lowest BCUT2D eigenvalue weighted by Crippen LogP contribution is -2.31.